The molecule has 0 bridgehead atoms. The molecule has 0 aromatic carbocycles. The van der Waals surface area contributed by atoms with Crippen molar-refractivity contribution in [2.75, 3.05) is 6.54 Å². The molecular weight excluding hydrogens is 278 g/mol. The fourth-order valence-electron chi connectivity index (χ4n) is 1.66. The lowest BCUT2D eigenvalue weighted by Gasteiger charge is -2.05. The van der Waals surface area contributed by atoms with Gasteiger partial charge in [-0.05, 0) is 6.42 Å². The second-order valence-corrected chi connectivity index (χ2v) is 4.71. The number of amides is 1. The zero-order valence-corrected chi connectivity index (χ0v) is 12.0. The zero-order valence-electron chi connectivity index (χ0n) is 11.2. The zero-order chi connectivity index (χ0) is 14.4. The molecule has 7 heteroatoms. The molecule has 106 valence electrons. The number of carbonyl (C=O) groups excluding carboxylic acids is 1. The molecule has 1 amide bonds. The number of halogens is 1. The van der Waals surface area contributed by atoms with Crippen LogP contribution < -0.4 is 5.32 Å². The molecule has 1 N–H and O–H groups in total. The lowest BCUT2D eigenvalue weighted by atomic mass is 10.3. The van der Waals surface area contributed by atoms with Crippen LogP contribution in [0.15, 0.2) is 24.8 Å². The van der Waals surface area contributed by atoms with Crippen molar-refractivity contribution in [2.45, 2.75) is 26.3 Å². The summed E-state index contributed by atoms with van der Waals surface area (Å²) < 4.78 is 1.74. The average Bonchev–Trinajstić information content (AvgIpc) is 2.89. The standard InChI is InChI=1S/C13H16ClN5O/c1-2-12-16-6-10(7-17-12)13(20)15-4-3-5-19-9-11(14)8-18-19/h6-9H,2-5H2,1H3,(H,15,20). The van der Waals surface area contributed by atoms with Crippen LogP contribution in [0.4, 0.5) is 0 Å². The minimum atomic E-state index is -0.161. The maximum Gasteiger partial charge on any atom is 0.254 e. The summed E-state index contributed by atoms with van der Waals surface area (Å²) in [4.78, 5) is 20.0. The maximum atomic E-state index is 11.8. The van der Waals surface area contributed by atoms with Crippen LogP contribution >= 0.6 is 11.6 Å². The van der Waals surface area contributed by atoms with Crippen molar-refractivity contribution < 1.29 is 4.79 Å². The number of hydrogen-bond acceptors (Lipinski definition) is 4. The van der Waals surface area contributed by atoms with E-state index in [4.69, 9.17) is 11.6 Å². The molecule has 2 aromatic heterocycles. The first-order chi connectivity index (χ1) is 9.69. The molecule has 0 radical (unpaired) electrons. The minimum absolute atomic E-state index is 0.161. The van der Waals surface area contributed by atoms with E-state index in [1.54, 1.807) is 29.5 Å². The Hall–Kier alpha value is -1.95. The molecule has 0 aliphatic rings. The molecule has 0 atom stereocenters. The summed E-state index contributed by atoms with van der Waals surface area (Å²) in [5.41, 5.74) is 0.476. The number of aromatic nitrogens is 4. The van der Waals surface area contributed by atoms with Crippen molar-refractivity contribution in [3.05, 3.63) is 41.2 Å². The van der Waals surface area contributed by atoms with Gasteiger partial charge in [0.1, 0.15) is 5.82 Å². The summed E-state index contributed by atoms with van der Waals surface area (Å²) in [5.74, 6) is 0.572. The van der Waals surface area contributed by atoms with Gasteiger partial charge in [-0.3, -0.25) is 9.48 Å². The Balaban J connectivity index is 1.74. The molecule has 0 fully saturated rings. The van der Waals surface area contributed by atoms with Gasteiger partial charge in [0.25, 0.3) is 5.91 Å². The van der Waals surface area contributed by atoms with E-state index in [9.17, 15) is 4.79 Å². The van der Waals surface area contributed by atoms with Crippen LogP contribution in [0, 0.1) is 0 Å². The van der Waals surface area contributed by atoms with Gasteiger partial charge in [-0.2, -0.15) is 5.10 Å². The highest BCUT2D eigenvalue weighted by molar-refractivity contribution is 6.30. The first-order valence-corrected chi connectivity index (χ1v) is 6.84. The van der Waals surface area contributed by atoms with Gasteiger partial charge in [-0.25, -0.2) is 9.97 Å². The summed E-state index contributed by atoms with van der Waals surface area (Å²) in [6.07, 6.45) is 7.97. The van der Waals surface area contributed by atoms with Gasteiger partial charge in [0, 0.05) is 38.1 Å². The lowest BCUT2D eigenvalue weighted by Crippen LogP contribution is -2.25. The van der Waals surface area contributed by atoms with Crippen molar-refractivity contribution in [3.8, 4) is 0 Å². The number of nitrogens with zero attached hydrogens (tertiary/aromatic N) is 4. The van der Waals surface area contributed by atoms with Gasteiger partial charge in [0.15, 0.2) is 0 Å². The Morgan fingerprint density at radius 1 is 1.35 bits per heavy atom. The van der Waals surface area contributed by atoms with E-state index in [0.717, 1.165) is 18.7 Å². The smallest absolute Gasteiger partial charge is 0.254 e. The largest absolute Gasteiger partial charge is 0.352 e. The van der Waals surface area contributed by atoms with E-state index < -0.39 is 0 Å². The van der Waals surface area contributed by atoms with E-state index in [0.29, 0.717) is 23.7 Å². The van der Waals surface area contributed by atoms with Gasteiger partial charge in [-0.15, -0.1) is 0 Å². The van der Waals surface area contributed by atoms with E-state index in [2.05, 4.69) is 20.4 Å². The Bertz CT molecular complexity index is 566. The SMILES string of the molecule is CCc1ncc(C(=O)NCCCn2cc(Cl)cn2)cn1. The summed E-state index contributed by atoms with van der Waals surface area (Å²) in [7, 11) is 0. The molecule has 6 nitrogen and oxygen atoms in total. The Morgan fingerprint density at radius 2 is 2.10 bits per heavy atom. The lowest BCUT2D eigenvalue weighted by molar-refractivity contribution is 0.0952. The first-order valence-electron chi connectivity index (χ1n) is 6.46. The molecular formula is C13H16ClN5O. The number of hydrogen-bond donors (Lipinski definition) is 1. The molecule has 2 rings (SSSR count). The molecule has 0 spiro atoms. The summed E-state index contributed by atoms with van der Waals surface area (Å²) >= 11 is 5.76. The van der Waals surface area contributed by atoms with E-state index in [-0.39, 0.29) is 5.91 Å². The van der Waals surface area contributed by atoms with Crippen LogP contribution in [-0.4, -0.2) is 32.2 Å². The topological polar surface area (TPSA) is 72.7 Å². The van der Waals surface area contributed by atoms with Gasteiger partial charge in [0.05, 0.1) is 16.8 Å². The predicted molar refractivity (Wildman–Crippen MR) is 75.6 cm³/mol. The van der Waals surface area contributed by atoms with Crippen molar-refractivity contribution in [3.63, 3.8) is 0 Å². The predicted octanol–water partition coefficient (Wildman–Crippen LogP) is 1.71. The third-order valence-electron chi connectivity index (χ3n) is 2.74. The molecule has 0 aliphatic carbocycles. The molecule has 0 saturated carbocycles. The molecule has 0 saturated heterocycles. The highest BCUT2D eigenvalue weighted by Gasteiger charge is 2.06. The quantitative estimate of drug-likeness (QED) is 0.823. The maximum absolute atomic E-state index is 11.8. The van der Waals surface area contributed by atoms with Crippen molar-refractivity contribution in [1.82, 2.24) is 25.1 Å². The van der Waals surface area contributed by atoms with E-state index in [1.807, 2.05) is 6.92 Å². The Labute approximate surface area is 122 Å². The third kappa shape index (κ3) is 4.03. The van der Waals surface area contributed by atoms with Crippen LogP contribution in [0.3, 0.4) is 0 Å². The summed E-state index contributed by atoms with van der Waals surface area (Å²) in [6, 6.07) is 0. The number of nitrogens with one attached hydrogen (secondary N) is 1. The second kappa shape index (κ2) is 7.00. The van der Waals surface area contributed by atoms with Crippen LogP contribution in [0.2, 0.25) is 5.02 Å². The van der Waals surface area contributed by atoms with Gasteiger partial charge in [0.2, 0.25) is 0 Å². The molecule has 2 aromatic rings. The van der Waals surface area contributed by atoms with Crippen LogP contribution in [0.5, 0.6) is 0 Å². The highest BCUT2D eigenvalue weighted by atomic mass is 35.5. The average molecular weight is 294 g/mol. The highest BCUT2D eigenvalue weighted by Crippen LogP contribution is 2.04. The first kappa shape index (κ1) is 14.5. The number of aryl methyl sites for hydroxylation is 2. The van der Waals surface area contributed by atoms with Crippen molar-refractivity contribution in [1.29, 1.82) is 0 Å². The molecule has 20 heavy (non-hydrogen) atoms. The Morgan fingerprint density at radius 3 is 2.70 bits per heavy atom. The summed E-state index contributed by atoms with van der Waals surface area (Å²) in [5, 5.41) is 7.50. The minimum Gasteiger partial charge on any atom is -0.352 e. The fraction of sp³-hybridized carbons (Fsp3) is 0.385. The summed E-state index contributed by atoms with van der Waals surface area (Å²) in [6.45, 7) is 3.24. The Kier molecular flexibility index (Phi) is 5.06. The van der Waals surface area contributed by atoms with Crippen LogP contribution in [0.1, 0.15) is 29.5 Å². The fourth-order valence-corrected chi connectivity index (χ4v) is 1.82. The van der Waals surface area contributed by atoms with Crippen LogP contribution in [-0.2, 0) is 13.0 Å². The van der Waals surface area contributed by atoms with Crippen molar-refractivity contribution >= 4 is 17.5 Å². The normalized spacial score (nSPS) is 10.5. The van der Waals surface area contributed by atoms with E-state index in [1.165, 1.54) is 0 Å². The van der Waals surface area contributed by atoms with Gasteiger partial charge >= 0.3 is 0 Å². The number of rotatable bonds is 6. The number of carbonyl (C=O) groups is 1. The monoisotopic (exact) mass is 293 g/mol. The molecule has 0 aliphatic heterocycles. The second-order valence-electron chi connectivity index (χ2n) is 4.27. The molecule has 2 heterocycles. The van der Waals surface area contributed by atoms with Gasteiger partial charge < -0.3 is 5.32 Å². The van der Waals surface area contributed by atoms with Crippen molar-refractivity contribution in [2.24, 2.45) is 0 Å². The third-order valence-corrected chi connectivity index (χ3v) is 2.93. The van der Waals surface area contributed by atoms with Crippen LogP contribution in [0.25, 0.3) is 0 Å². The molecule has 0 unspecified atom stereocenters. The van der Waals surface area contributed by atoms with Gasteiger partial charge in [-0.1, -0.05) is 18.5 Å². The van der Waals surface area contributed by atoms with E-state index >= 15 is 0 Å².